The summed E-state index contributed by atoms with van der Waals surface area (Å²) >= 11 is 0. The fourth-order valence-electron chi connectivity index (χ4n) is 2.80. The summed E-state index contributed by atoms with van der Waals surface area (Å²) in [6.07, 6.45) is 1.57. The number of nitro groups is 1. The number of carbonyl (C=O) groups excluding carboxylic acids is 1. The number of hydrogen-bond donors (Lipinski definition) is 2. The molecule has 3 rings (SSSR count). The molecule has 2 aromatic rings. The third kappa shape index (κ3) is 5.72. The van der Waals surface area contributed by atoms with Gasteiger partial charge in [-0.2, -0.15) is 0 Å². The molecule has 1 heterocycles. The number of aryl methyl sites for hydroxylation is 1. The van der Waals surface area contributed by atoms with Gasteiger partial charge < -0.3 is 10.4 Å². The molecule has 0 spiro atoms. The van der Waals surface area contributed by atoms with Crippen LogP contribution in [-0.4, -0.2) is 34.9 Å². The van der Waals surface area contributed by atoms with Crippen molar-refractivity contribution in [1.82, 2.24) is 5.32 Å². The SMILES string of the molecule is Cc1ccc(C(=O)c2ccccc2)c([N+](=O)[O-])c1.O=C(O)C1CCNCC1. The number of aliphatic carboxylic acids is 1. The molecule has 0 amide bonds. The Morgan fingerprint density at radius 2 is 1.74 bits per heavy atom. The second kappa shape index (κ2) is 9.59. The van der Waals surface area contributed by atoms with Crippen molar-refractivity contribution in [3.63, 3.8) is 0 Å². The van der Waals surface area contributed by atoms with Gasteiger partial charge in [0, 0.05) is 11.6 Å². The lowest BCUT2D eigenvalue weighted by Gasteiger charge is -2.17. The summed E-state index contributed by atoms with van der Waals surface area (Å²) < 4.78 is 0. The number of piperidine rings is 1. The van der Waals surface area contributed by atoms with Crippen molar-refractivity contribution in [2.45, 2.75) is 19.8 Å². The molecule has 2 aromatic carbocycles. The highest BCUT2D eigenvalue weighted by molar-refractivity contribution is 6.11. The van der Waals surface area contributed by atoms with Crippen LogP contribution in [0.2, 0.25) is 0 Å². The summed E-state index contributed by atoms with van der Waals surface area (Å²) in [5.74, 6) is -1.06. The van der Waals surface area contributed by atoms with E-state index < -0.39 is 10.9 Å². The quantitative estimate of drug-likeness (QED) is 0.486. The molecule has 1 aliphatic rings. The highest BCUT2D eigenvalue weighted by atomic mass is 16.6. The van der Waals surface area contributed by atoms with Crippen molar-refractivity contribution in [3.05, 3.63) is 75.3 Å². The minimum absolute atomic E-state index is 0.0914. The molecule has 27 heavy (non-hydrogen) atoms. The molecule has 7 heteroatoms. The number of benzene rings is 2. The van der Waals surface area contributed by atoms with Crippen LogP contribution in [0.5, 0.6) is 0 Å². The Labute approximate surface area is 157 Å². The minimum atomic E-state index is -0.642. The Bertz CT molecular complexity index is 814. The van der Waals surface area contributed by atoms with Crippen LogP contribution in [0.4, 0.5) is 5.69 Å². The highest BCUT2D eigenvalue weighted by Gasteiger charge is 2.21. The zero-order valence-electron chi connectivity index (χ0n) is 15.1. The molecule has 142 valence electrons. The van der Waals surface area contributed by atoms with E-state index >= 15 is 0 Å². The van der Waals surface area contributed by atoms with E-state index in [-0.39, 0.29) is 23.0 Å². The zero-order chi connectivity index (χ0) is 19.8. The standard InChI is InChI=1S/C14H11NO3.C6H11NO2/c1-10-7-8-12(13(9-10)15(17)18)14(16)11-5-3-2-4-6-11;8-6(9)5-1-3-7-4-2-5/h2-9H,1H3;5,7H,1-4H2,(H,8,9). The molecule has 0 unspecified atom stereocenters. The second-order valence-electron chi connectivity index (χ2n) is 6.34. The molecule has 1 fully saturated rings. The maximum atomic E-state index is 12.2. The Kier molecular flexibility index (Phi) is 7.19. The van der Waals surface area contributed by atoms with E-state index in [9.17, 15) is 19.7 Å². The van der Waals surface area contributed by atoms with E-state index in [1.54, 1.807) is 43.3 Å². The Balaban J connectivity index is 0.000000244. The summed E-state index contributed by atoms with van der Waals surface area (Å²) in [5.41, 5.74) is 1.18. The van der Waals surface area contributed by atoms with Gasteiger partial charge in [0.25, 0.3) is 5.69 Å². The Morgan fingerprint density at radius 1 is 1.11 bits per heavy atom. The first-order chi connectivity index (χ1) is 12.9. The fourth-order valence-corrected chi connectivity index (χ4v) is 2.80. The van der Waals surface area contributed by atoms with Gasteiger partial charge in [0.15, 0.2) is 5.78 Å². The minimum Gasteiger partial charge on any atom is -0.481 e. The normalized spacial score (nSPS) is 14.0. The average molecular weight is 370 g/mol. The van der Waals surface area contributed by atoms with E-state index in [2.05, 4.69) is 5.32 Å². The number of rotatable bonds is 4. The molecule has 0 saturated carbocycles. The lowest BCUT2D eigenvalue weighted by Crippen LogP contribution is -2.31. The van der Waals surface area contributed by atoms with Gasteiger partial charge in [0.1, 0.15) is 5.56 Å². The Hall–Kier alpha value is -3.06. The van der Waals surface area contributed by atoms with Gasteiger partial charge in [-0.05, 0) is 44.5 Å². The van der Waals surface area contributed by atoms with Crippen LogP contribution in [0.15, 0.2) is 48.5 Å². The monoisotopic (exact) mass is 370 g/mol. The molecule has 1 saturated heterocycles. The van der Waals surface area contributed by atoms with Crippen molar-refractivity contribution < 1.29 is 19.6 Å². The molecular weight excluding hydrogens is 348 g/mol. The van der Waals surface area contributed by atoms with E-state index in [1.807, 2.05) is 0 Å². The van der Waals surface area contributed by atoms with E-state index in [0.717, 1.165) is 31.5 Å². The van der Waals surface area contributed by atoms with Gasteiger partial charge in [-0.25, -0.2) is 0 Å². The number of carbonyl (C=O) groups is 2. The molecule has 0 atom stereocenters. The second-order valence-corrected chi connectivity index (χ2v) is 6.34. The van der Waals surface area contributed by atoms with Crippen molar-refractivity contribution in [2.75, 3.05) is 13.1 Å². The summed E-state index contributed by atoms with van der Waals surface area (Å²) in [6, 6.07) is 13.2. The van der Waals surface area contributed by atoms with Crippen molar-refractivity contribution >= 4 is 17.4 Å². The topological polar surface area (TPSA) is 110 Å². The van der Waals surface area contributed by atoms with E-state index in [4.69, 9.17) is 5.11 Å². The smallest absolute Gasteiger partial charge is 0.306 e. The average Bonchev–Trinajstić information content (AvgIpc) is 2.69. The van der Waals surface area contributed by atoms with Crippen LogP contribution in [0.25, 0.3) is 0 Å². The number of carboxylic acids is 1. The van der Waals surface area contributed by atoms with Gasteiger partial charge in [0.2, 0.25) is 0 Å². The zero-order valence-corrected chi connectivity index (χ0v) is 15.1. The number of nitrogens with zero attached hydrogens (tertiary/aromatic N) is 1. The fraction of sp³-hybridized carbons (Fsp3) is 0.300. The van der Waals surface area contributed by atoms with Gasteiger partial charge >= 0.3 is 5.97 Å². The molecule has 7 nitrogen and oxygen atoms in total. The maximum absolute atomic E-state index is 12.2. The third-order valence-electron chi connectivity index (χ3n) is 4.32. The van der Waals surface area contributed by atoms with Crippen LogP contribution < -0.4 is 5.32 Å². The molecule has 0 aromatic heterocycles. The lowest BCUT2D eigenvalue weighted by atomic mass is 9.99. The van der Waals surface area contributed by atoms with E-state index in [0.29, 0.717) is 5.56 Å². The summed E-state index contributed by atoms with van der Waals surface area (Å²) in [6.45, 7) is 3.47. The first-order valence-corrected chi connectivity index (χ1v) is 8.68. The number of nitrogens with one attached hydrogen (secondary N) is 1. The highest BCUT2D eigenvalue weighted by Crippen LogP contribution is 2.23. The van der Waals surface area contributed by atoms with Crippen LogP contribution in [0.1, 0.15) is 34.3 Å². The largest absolute Gasteiger partial charge is 0.481 e. The molecule has 0 aliphatic carbocycles. The van der Waals surface area contributed by atoms with Gasteiger partial charge in [0.05, 0.1) is 10.8 Å². The number of ketones is 1. The summed E-state index contributed by atoms with van der Waals surface area (Å²) in [4.78, 5) is 32.9. The first kappa shape index (κ1) is 20.3. The molecule has 0 bridgehead atoms. The molecule has 0 radical (unpaired) electrons. The summed E-state index contributed by atoms with van der Waals surface area (Å²) in [5, 5.41) is 22.6. The number of nitro benzene ring substituents is 1. The molecule has 2 N–H and O–H groups in total. The van der Waals surface area contributed by atoms with Crippen molar-refractivity contribution in [1.29, 1.82) is 0 Å². The lowest BCUT2D eigenvalue weighted by molar-refractivity contribution is -0.385. The Morgan fingerprint density at radius 3 is 2.26 bits per heavy atom. The summed E-state index contributed by atoms with van der Waals surface area (Å²) in [7, 11) is 0. The molecular formula is C20H22N2O5. The first-order valence-electron chi connectivity index (χ1n) is 8.68. The molecule has 1 aliphatic heterocycles. The van der Waals surface area contributed by atoms with Crippen LogP contribution in [0, 0.1) is 23.0 Å². The number of hydrogen-bond acceptors (Lipinski definition) is 5. The van der Waals surface area contributed by atoms with E-state index in [1.165, 1.54) is 12.1 Å². The van der Waals surface area contributed by atoms with Crippen LogP contribution in [-0.2, 0) is 4.79 Å². The maximum Gasteiger partial charge on any atom is 0.306 e. The predicted octanol–water partition coefficient (Wildman–Crippen LogP) is 3.20. The number of carboxylic acid groups (broad SMARTS) is 1. The van der Waals surface area contributed by atoms with Gasteiger partial charge in [-0.3, -0.25) is 19.7 Å². The predicted molar refractivity (Wildman–Crippen MR) is 101 cm³/mol. The van der Waals surface area contributed by atoms with Crippen LogP contribution >= 0.6 is 0 Å². The third-order valence-corrected chi connectivity index (χ3v) is 4.32. The van der Waals surface area contributed by atoms with Crippen molar-refractivity contribution in [3.8, 4) is 0 Å². The van der Waals surface area contributed by atoms with Crippen molar-refractivity contribution in [2.24, 2.45) is 5.92 Å². The van der Waals surface area contributed by atoms with Crippen LogP contribution in [0.3, 0.4) is 0 Å². The van der Waals surface area contributed by atoms with Gasteiger partial charge in [-0.15, -0.1) is 0 Å². The van der Waals surface area contributed by atoms with Gasteiger partial charge in [-0.1, -0.05) is 36.4 Å².